The number of fused-ring (bicyclic) bond motifs is 2. The lowest BCUT2D eigenvalue weighted by molar-refractivity contribution is 0.0677. The number of pyridine rings is 1. The van der Waals surface area contributed by atoms with E-state index in [1.165, 1.54) is 18.2 Å². The minimum atomic E-state index is -0.333. The molecule has 2 aromatic carbocycles. The van der Waals surface area contributed by atoms with Crippen molar-refractivity contribution in [2.75, 3.05) is 31.6 Å². The first-order valence-electron chi connectivity index (χ1n) is 14.7. The van der Waals surface area contributed by atoms with Gasteiger partial charge in [0.2, 0.25) is 0 Å². The van der Waals surface area contributed by atoms with Crippen molar-refractivity contribution < 1.29 is 18.7 Å². The van der Waals surface area contributed by atoms with Crippen LogP contribution in [0.25, 0.3) is 16.9 Å². The summed E-state index contributed by atoms with van der Waals surface area (Å²) in [5.74, 6) is 0.0548. The summed E-state index contributed by atoms with van der Waals surface area (Å²) in [5, 5.41) is 0. The van der Waals surface area contributed by atoms with Gasteiger partial charge in [0.25, 0.3) is 11.5 Å². The number of carbonyl (C=O) groups is 2. The number of halogens is 1. The van der Waals surface area contributed by atoms with Crippen LogP contribution in [0.2, 0.25) is 5.54 Å². The molecule has 4 heterocycles. The Morgan fingerprint density at radius 3 is 2.64 bits per heavy atom. The molecular weight excluding hydrogens is 547 g/mol. The Morgan fingerprint density at radius 2 is 1.86 bits per heavy atom. The summed E-state index contributed by atoms with van der Waals surface area (Å²) >= 11 is 0. The zero-order valence-corrected chi connectivity index (χ0v) is 24.8. The highest BCUT2D eigenvalue weighted by Gasteiger charge is 2.32. The largest absolute Gasteiger partial charge is 0.474 e. The van der Waals surface area contributed by atoms with Crippen LogP contribution in [-0.4, -0.2) is 62.0 Å². The minimum absolute atomic E-state index is 0.000280. The van der Waals surface area contributed by atoms with Crippen molar-refractivity contribution >= 4 is 32.4 Å². The highest BCUT2D eigenvalue weighted by Crippen LogP contribution is 2.43. The van der Waals surface area contributed by atoms with Crippen molar-refractivity contribution in [1.29, 1.82) is 0 Å². The molecular formula is C33H33FN4O3Si. The monoisotopic (exact) mass is 580 g/mol. The van der Waals surface area contributed by atoms with E-state index in [0.717, 1.165) is 49.1 Å². The molecule has 1 amide bonds. The second kappa shape index (κ2) is 10.7. The Labute approximate surface area is 247 Å². The van der Waals surface area contributed by atoms with Crippen LogP contribution >= 0.6 is 0 Å². The van der Waals surface area contributed by atoms with Gasteiger partial charge in [-0.05, 0) is 85.0 Å². The molecule has 2 aliphatic heterocycles. The second-order valence-electron chi connectivity index (χ2n) is 11.7. The van der Waals surface area contributed by atoms with Crippen LogP contribution in [-0.2, 0) is 11.2 Å². The Bertz CT molecular complexity index is 1700. The minimum Gasteiger partial charge on any atom is -0.474 e. The van der Waals surface area contributed by atoms with E-state index in [1.54, 1.807) is 12.1 Å². The van der Waals surface area contributed by atoms with E-state index >= 15 is 4.39 Å². The van der Waals surface area contributed by atoms with Crippen LogP contribution in [0, 0.1) is 5.82 Å². The first kappa shape index (κ1) is 26.9. The Hall–Kier alpha value is -3.98. The van der Waals surface area contributed by atoms with Crippen LogP contribution in [0.1, 0.15) is 65.2 Å². The van der Waals surface area contributed by atoms with Crippen LogP contribution in [0.5, 0.6) is 0 Å². The predicted octanol–water partition coefficient (Wildman–Crippen LogP) is 6.25. The molecule has 2 atom stereocenters. The molecule has 1 unspecified atom stereocenters. The molecule has 0 bridgehead atoms. The van der Waals surface area contributed by atoms with Gasteiger partial charge in [0.05, 0.1) is 24.4 Å². The van der Waals surface area contributed by atoms with E-state index in [4.69, 9.17) is 9.72 Å². The first-order valence-corrected chi connectivity index (χ1v) is 15.8. The zero-order chi connectivity index (χ0) is 29.0. The summed E-state index contributed by atoms with van der Waals surface area (Å²) in [7, 11) is 1.52. The third kappa shape index (κ3) is 4.89. The van der Waals surface area contributed by atoms with E-state index in [9.17, 15) is 9.59 Å². The molecule has 3 aliphatic rings. The Balaban J connectivity index is 1.17. The Morgan fingerprint density at radius 1 is 1.02 bits per heavy atom. The number of hydrogen-bond donors (Lipinski definition) is 0. The number of imidazole rings is 1. The van der Waals surface area contributed by atoms with Crippen molar-refractivity contribution in [1.82, 2.24) is 14.3 Å². The summed E-state index contributed by atoms with van der Waals surface area (Å²) in [4.78, 5) is 34.5. The molecule has 1 aliphatic carbocycles. The predicted molar refractivity (Wildman–Crippen MR) is 161 cm³/mol. The lowest BCUT2D eigenvalue weighted by Gasteiger charge is -2.35. The third-order valence-corrected chi connectivity index (χ3v) is 10.3. The molecule has 0 spiro atoms. The molecule has 9 heteroatoms. The molecule has 2 fully saturated rings. The SMILES string of the molecule is COC(=O)[Si]C1CCN(c2ccc(-c3cn4cc(C(=O)N5CCc6ccccc6[C@H]5C)cc(C5CC5)c4n3)c(F)c2)C1. The molecule has 42 heavy (non-hydrogen) atoms. The molecule has 1 saturated heterocycles. The number of rotatable bonds is 6. The van der Waals surface area contributed by atoms with E-state index in [0.29, 0.717) is 35.8 Å². The molecule has 2 aromatic heterocycles. The number of amides is 1. The number of methoxy groups -OCH3 is 1. The zero-order valence-electron chi connectivity index (χ0n) is 23.8. The van der Waals surface area contributed by atoms with Crippen LogP contribution in [0.3, 0.4) is 0 Å². The fourth-order valence-electron chi connectivity index (χ4n) is 6.53. The first-order chi connectivity index (χ1) is 20.4. The number of anilines is 1. The fourth-order valence-corrected chi connectivity index (χ4v) is 7.56. The number of aromatic nitrogens is 2. The standard InChI is InChI=1S/C33H33FN4O3Si/c1-20-26-6-4-3-5-21(26)11-14-38(20)32(39)23-15-28(22-7-8-22)31-35-30(19-37(31)17-23)27-10-9-24(16-29(27)34)36-13-12-25(18-36)42-33(40)41-2/h3-6,9-10,15-17,19-20,22,25H,7-8,11-14,18H2,1-2H3/t20-,25?/m1/s1. The van der Waals surface area contributed by atoms with Crippen LogP contribution < -0.4 is 4.90 Å². The highest BCUT2D eigenvalue weighted by atomic mass is 28.2. The van der Waals surface area contributed by atoms with Gasteiger partial charge in [-0.25, -0.2) is 9.37 Å². The summed E-state index contributed by atoms with van der Waals surface area (Å²) in [6.07, 6.45) is 7.56. The average Bonchev–Trinajstić information content (AvgIpc) is 3.59. The number of carbonyl (C=O) groups excluding carboxylic acids is 2. The van der Waals surface area contributed by atoms with Gasteiger partial charge in [0.15, 0.2) is 9.52 Å². The molecule has 0 N–H and O–H groups in total. The summed E-state index contributed by atoms with van der Waals surface area (Å²) in [6, 6.07) is 15.7. The summed E-state index contributed by atoms with van der Waals surface area (Å²) in [5.41, 5.74) is 6.86. The molecule has 214 valence electrons. The maximum absolute atomic E-state index is 15.6. The molecule has 7 rings (SSSR count). The van der Waals surface area contributed by atoms with E-state index in [2.05, 4.69) is 30.0 Å². The lowest BCUT2D eigenvalue weighted by Crippen LogP contribution is -2.39. The van der Waals surface area contributed by atoms with Crippen LogP contribution in [0.15, 0.2) is 60.9 Å². The van der Waals surface area contributed by atoms with Crippen LogP contribution in [0.4, 0.5) is 14.9 Å². The van der Waals surface area contributed by atoms with Crippen molar-refractivity contribution in [3.05, 3.63) is 89.0 Å². The van der Waals surface area contributed by atoms with Gasteiger partial charge < -0.3 is 18.9 Å². The Kier molecular flexibility index (Phi) is 6.84. The molecule has 1 saturated carbocycles. The quantitative estimate of drug-likeness (QED) is 0.253. The van der Waals surface area contributed by atoms with Crippen molar-refractivity contribution in [3.8, 4) is 11.3 Å². The van der Waals surface area contributed by atoms with Gasteiger partial charge in [-0.3, -0.25) is 9.59 Å². The number of ether oxygens (including phenoxy) is 1. The maximum Gasteiger partial charge on any atom is 0.267 e. The molecule has 4 aromatic rings. The van der Waals surface area contributed by atoms with E-state index in [1.807, 2.05) is 39.9 Å². The second-order valence-corrected chi connectivity index (χ2v) is 13.2. The topological polar surface area (TPSA) is 67.2 Å². The van der Waals surface area contributed by atoms with Crippen molar-refractivity contribution in [2.45, 2.75) is 50.1 Å². The third-order valence-electron chi connectivity index (χ3n) is 8.99. The number of benzene rings is 2. The fraction of sp³-hybridized carbons (Fsp3) is 0.364. The summed E-state index contributed by atoms with van der Waals surface area (Å²) < 4.78 is 22.3. The van der Waals surface area contributed by atoms with E-state index < -0.39 is 0 Å². The summed E-state index contributed by atoms with van der Waals surface area (Å²) in [6.45, 7) is 4.27. The molecule has 7 nitrogen and oxygen atoms in total. The smallest absolute Gasteiger partial charge is 0.267 e. The van der Waals surface area contributed by atoms with Crippen molar-refractivity contribution in [3.63, 3.8) is 0 Å². The van der Waals surface area contributed by atoms with E-state index in [-0.39, 0.29) is 38.4 Å². The maximum atomic E-state index is 15.6. The molecule has 2 radical (unpaired) electrons. The van der Waals surface area contributed by atoms with Crippen molar-refractivity contribution in [2.24, 2.45) is 0 Å². The van der Waals surface area contributed by atoms with Gasteiger partial charge in [0, 0.05) is 43.3 Å². The van der Waals surface area contributed by atoms with Gasteiger partial charge in [0.1, 0.15) is 11.5 Å². The number of nitrogens with zero attached hydrogens (tertiary/aromatic N) is 4. The van der Waals surface area contributed by atoms with Gasteiger partial charge >= 0.3 is 0 Å². The van der Waals surface area contributed by atoms with Gasteiger partial charge in [-0.15, -0.1) is 0 Å². The highest BCUT2D eigenvalue weighted by molar-refractivity contribution is 6.73. The van der Waals surface area contributed by atoms with Gasteiger partial charge in [-0.1, -0.05) is 24.3 Å². The number of hydrogen-bond acceptors (Lipinski definition) is 5. The average molecular weight is 581 g/mol. The normalized spacial score (nSPS) is 20.2. The lowest BCUT2D eigenvalue weighted by atomic mass is 9.93. The van der Waals surface area contributed by atoms with Gasteiger partial charge in [-0.2, -0.15) is 0 Å².